The number of hydrogen-bond acceptors (Lipinski definition) is 4. The third-order valence-corrected chi connectivity index (χ3v) is 3.22. The van der Waals surface area contributed by atoms with Gasteiger partial charge in [-0.1, -0.05) is 12.5 Å². The van der Waals surface area contributed by atoms with Crippen molar-refractivity contribution in [2.75, 3.05) is 19.0 Å². The van der Waals surface area contributed by atoms with Crippen LogP contribution in [0.25, 0.3) is 0 Å². The van der Waals surface area contributed by atoms with Crippen molar-refractivity contribution in [3.05, 3.63) is 23.9 Å². The third kappa shape index (κ3) is 2.93. The first-order chi connectivity index (χ1) is 7.78. The Morgan fingerprint density at radius 1 is 1.50 bits per heavy atom. The van der Waals surface area contributed by atoms with Gasteiger partial charge in [-0.05, 0) is 37.4 Å². The predicted octanol–water partition coefficient (Wildman–Crippen LogP) is 1.60. The van der Waals surface area contributed by atoms with Gasteiger partial charge in [0.1, 0.15) is 5.82 Å². The highest BCUT2D eigenvalue weighted by Gasteiger charge is 2.18. The Kier molecular flexibility index (Phi) is 3.74. The molecule has 3 N–H and O–H groups in total. The van der Waals surface area contributed by atoms with Gasteiger partial charge in [-0.3, -0.25) is 0 Å². The molecule has 0 amide bonds. The minimum absolute atomic E-state index is 0.713. The van der Waals surface area contributed by atoms with Crippen molar-refractivity contribution in [1.29, 1.82) is 0 Å². The minimum atomic E-state index is 0.713. The number of nitrogens with two attached hydrogens (primary N) is 1. The largest absolute Gasteiger partial charge is 0.308 e. The fourth-order valence-electron chi connectivity index (χ4n) is 2.10. The average Bonchev–Trinajstić information content (AvgIpc) is 2.25. The molecule has 0 aliphatic heterocycles. The molecule has 0 saturated heterocycles. The Hall–Kier alpha value is -1.13. The van der Waals surface area contributed by atoms with Crippen LogP contribution in [0.3, 0.4) is 0 Å². The average molecular weight is 220 g/mol. The summed E-state index contributed by atoms with van der Waals surface area (Å²) in [5.74, 6) is 6.90. The summed E-state index contributed by atoms with van der Waals surface area (Å²) in [4.78, 5) is 6.57. The van der Waals surface area contributed by atoms with Gasteiger partial charge in [0, 0.05) is 19.3 Å². The maximum Gasteiger partial charge on any atom is 0.139 e. The summed E-state index contributed by atoms with van der Waals surface area (Å²) in [6.07, 6.45) is 6.10. The van der Waals surface area contributed by atoms with Crippen LogP contribution in [0.5, 0.6) is 0 Å². The molecule has 0 atom stereocenters. The van der Waals surface area contributed by atoms with Crippen molar-refractivity contribution < 1.29 is 0 Å². The summed E-state index contributed by atoms with van der Waals surface area (Å²) in [5, 5.41) is 0. The van der Waals surface area contributed by atoms with E-state index in [0.717, 1.165) is 12.5 Å². The second-order valence-electron chi connectivity index (χ2n) is 4.69. The normalized spacial score (nSPS) is 16.2. The zero-order valence-electron chi connectivity index (χ0n) is 9.82. The zero-order chi connectivity index (χ0) is 11.4. The van der Waals surface area contributed by atoms with E-state index in [2.05, 4.69) is 28.4 Å². The number of nitrogen functional groups attached to an aromatic ring is 1. The summed E-state index contributed by atoms with van der Waals surface area (Å²) in [5.41, 5.74) is 3.77. The molecule has 4 heteroatoms. The summed E-state index contributed by atoms with van der Waals surface area (Å²) in [6.45, 7) is 2.17. The Bertz CT molecular complexity index is 318. The molecule has 0 aromatic carbocycles. The van der Waals surface area contributed by atoms with Crippen molar-refractivity contribution >= 4 is 5.82 Å². The molecule has 1 aliphatic carbocycles. The third-order valence-electron chi connectivity index (χ3n) is 3.22. The Morgan fingerprint density at radius 2 is 2.31 bits per heavy atom. The van der Waals surface area contributed by atoms with E-state index in [1.54, 1.807) is 0 Å². The van der Waals surface area contributed by atoms with E-state index < -0.39 is 0 Å². The van der Waals surface area contributed by atoms with Crippen molar-refractivity contribution in [2.45, 2.75) is 25.8 Å². The van der Waals surface area contributed by atoms with E-state index in [0.29, 0.717) is 5.82 Å². The number of rotatable bonds is 5. The van der Waals surface area contributed by atoms with Crippen LogP contribution in [0.1, 0.15) is 24.8 Å². The molecule has 4 nitrogen and oxygen atoms in total. The van der Waals surface area contributed by atoms with Crippen molar-refractivity contribution in [3.8, 4) is 0 Å². The summed E-state index contributed by atoms with van der Waals surface area (Å²) in [6, 6.07) is 3.98. The van der Waals surface area contributed by atoms with E-state index in [9.17, 15) is 0 Å². The lowest BCUT2D eigenvalue weighted by Crippen LogP contribution is -2.29. The molecule has 0 unspecified atom stereocenters. The van der Waals surface area contributed by atoms with Crippen LogP contribution < -0.4 is 11.3 Å². The highest BCUT2D eigenvalue weighted by atomic mass is 15.2. The van der Waals surface area contributed by atoms with E-state index in [1.807, 2.05) is 12.3 Å². The van der Waals surface area contributed by atoms with E-state index >= 15 is 0 Å². The summed E-state index contributed by atoms with van der Waals surface area (Å²) >= 11 is 0. The number of pyridine rings is 1. The molecule has 88 valence electrons. The van der Waals surface area contributed by atoms with Crippen molar-refractivity contribution in [2.24, 2.45) is 11.8 Å². The topological polar surface area (TPSA) is 54.2 Å². The zero-order valence-corrected chi connectivity index (χ0v) is 9.82. The molecule has 1 aromatic heterocycles. The molecule has 1 heterocycles. The number of anilines is 1. The lowest BCUT2D eigenvalue weighted by Gasteiger charge is -2.30. The first-order valence-electron chi connectivity index (χ1n) is 5.88. The van der Waals surface area contributed by atoms with Gasteiger partial charge in [0.15, 0.2) is 0 Å². The van der Waals surface area contributed by atoms with Gasteiger partial charge < -0.3 is 10.3 Å². The maximum atomic E-state index is 5.27. The number of hydrazine groups is 1. The van der Waals surface area contributed by atoms with Gasteiger partial charge in [0.25, 0.3) is 0 Å². The summed E-state index contributed by atoms with van der Waals surface area (Å²) in [7, 11) is 2.17. The monoisotopic (exact) mass is 220 g/mol. The predicted molar refractivity (Wildman–Crippen MR) is 65.7 cm³/mol. The number of nitrogens with one attached hydrogen (secondary N) is 1. The molecule has 0 spiro atoms. The van der Waals surface area contributed by atoms with Gasteiger partial charge >= 0.3 is 0 Å². The van der Waals surface area contributed by atoms with Crippen LogP contribution >= 0.6 is 0 Å². The molecule has 16 heavy (non-hydrogen) atoms. The van der Waals surface area contributed by atoms with Crippen LogP contribution in [0, 0.1) is 5.92 Å². The highest BCUT2D eigenvalue weighted by Crippen LogP contribution is 2.27. The quantitative estimate of drug-likeness (QED) is 0.584. The van der Waals surface area contributed by atoms with E-state index in [4.69, 9.17) is 5.84 Å². The van der Waals surface area contributed by atoms with Crippen LogP contribution in [0.2, 0.25) is 0 Å². The highest BCUT2D eigenvalue weighted by molar-refractivity contribution is 5.33. The lowest BCUT2D eigenvalue weighted by atomic mass is 9.85. The molecule has 1 saturated carbocycles. The van der Waals surface area contributed by atoms with Gasteiger partial charge in [-0.25, -0.2) is 10.8 Å². The molecule has 0 radical (unpaired) electrons. The molecular formula is C12H20N4. The van der Waals surface area contributed by atoms with E-state index in [-0.39, 0.29) is 0 Å². The van der Waals surface area contributed by atoms with Crippen LogP contribution in [0.15, 0.2) is 18.3 Å². The molecule has 2 rings (SSSR count). The lowest BCUT2D eigenvalue weighted by molar-refractivity contribution is 0.200. The van der Waals surface area contributed by atoms with Crippen molar-refractivity contribution in [3.63, 3.8) is 0 Å². The second kappa shape index (κ2) is 5.27. The standard InChI is InChI=1S/C12H20N4/c1-16(8-10-3-2-4-10)9-11-5-6-12(15-13)14-7-11/h5-7,10H,2-4,8-9,13H2,1H3,(H,14,15). The Balaban J connectivity index is 1.82. The van der Waals surface area contributed by atoms with Gasteiger partial charge in [-0.2, -0.15) is 0 Å². The Morgan fingerprint density at radius 3 is 2.81 bits per heavy atom. The van der Waals surface area contributed by atoms with E-state index in [1.165, 1.54) is 31.4 Å². The number of aromatic nitrogens is 1. The fraction of sp³-hybridized carbons (Fsp3) is 0.583. The maximum absolute atomic E-state index is 5.27. The number of nitrogens with zero attached hydrogens (tertiary/aromatic N) is 2. The second-order valence-corrected chi connectivity index (χ2v) is 4.69. The van der Waals surface area contributed by atoms with Crippen LogP contribution in [-0.2, 0) is 6.54 Å². The molecule has 1 aromatic rings. The SMILES string of the molecule is CN(Cc1ccc(NN)nc1)CC1CCC1. The fourth-order valence-corrected chi connectivity index (χ4v) is 2.10. The van der Waals surface area contributed by atoms with Gasteiger partial charge in [0.2, 0.25) is 0 Å². The molecule has 1 fully saturated rings. The molecule has 0 bridgehead atoms. The Labute approximate surface area is 96.8 Å². The number of hydrogen-bond donors (Lipinski definition) is 2. The van der Waals surface area contributed by atoms with Gasteiger partial charge in [0.05, 0.1) is 0 Å². The van der Waals surface area contributed by atoms with Crippen LogP contribution in [0.4, 0.5) is 5.82 Å². The smallest absolute Gasteiger partial charge is 0.139 e. The van der Waals surface area contributed by atoms with Crippen LogP contribution in [-0.4, -0.2) is 23.5 Å². The van der Waals surface area contributed by atoms with Gasteiger partial charge in [-0.15, -0.1) is 0 Å². The first kappa shape index (κ1) is 11.4. The summed E-state index contributed by atoms with van der Waals surface area (Å²) < 4.78 is 0. The molecular weight excluding hydrogens is 200 g/mol. The molecule has 1 aliphatic rings. The minimum Gasteiger partial charge on any atom is -0.308 e. The van der Waals surface area contributed by atoms with Crippen molar-refractivity contribution in [1.82, 2.24) is 9.88 Å². The first-order valence-corrected chi connectivity index (χ1v) is 5.88.